The molecule has 2 aliphatic heterocycles. The Hall–Kier alpha value is -4.23. The van der Waals surface area contributed by atoms with Crippen molar-refractivity contribution in [3.05, 3.63) is 104 Å². The summed E-state index contributed by atoms with van der Waals surface area (Å²) in [5.74, 6) is -3.58. The van der Waals surface area contributed by atoms with Gasteiger partial charge in [0.25, 0.3) is 0 Å². The van der Waals surface area contributed by atoms with Crippen LogP contribution < -0.4 is 15.1 Å². The lowest BCUT2D eigenvalue weighted by Crippen LogP contribution is -2.33. The topological polar surface area (TPSA) is 101 Å². The summed E-state index contributed by atoms with van der Waals surface area (Å²) < 4.78 is 41.6. The monoisotopic (exact) mass is 610 g/mol. The predicted molar refractivity (Wildman–Crippen MR) is 152 cm³/mol. The van der Waals surface area contributed by atoms with Gasteiger partial charge in [0.2, 0.25) is 17.7 Å². The average molecular weight is 611 g/mol. The molecule has 13 heteroatoms. The summed E-state index contributed by atoms with van der Waals surface area (Å²) in [5.41, 5.74) is 0.828. The molecule has 3 atom stereocenters. The summed E-state index contributed by atoms with van der Waals surface area (Å²) in [6, 6.07) is 14.6. The second-order valence-corrected chi connectivity index (χ2v) is 12.0. The molecule has 3 amide bonds. The van der Waals surface area contributed by atoms with E-state index in [9.17, 15) is 32.3 Å². The number of alkyl halides is 3. The van der Waals surface area contributed by atoms with Crippen LogP contribution in [0.5, 0.6) is 0 Å². The summed E-state index contributed by atoms with van der Waals surface area (Å²) in [6.45, 7) is 1.50. The Balaban J connectivity index is 1.40. The van der Waals surface area contributed by atoms with Crippen molar-refractivity contribution in [2.75, 3.05) is 10.2 Å². The number of para-hydroxylation sites is 1. The summed E-state index contributed by atoms with van der Waals surface area (Å²) in [7, 11) is 0. The number of hydrogen-bond acceptors (Lipinski definition) is 7. The molecule has 42 heavy (non-hydrogen) atoms. The third-order valence-electron chi connectivity index (χ3n) is 7.25. The SMILES string of the molecule is Cc1ccccc1NC(=O)Cn1c2c(sc1=O)[C@@H](c1cccnc1)[C@@H]1C(=O)N(c3cccc(C(F)(F)F)c3)C(=O)[C@@H]1S2. The number of rotatable bonds is 5. The number of halogens is 3. The van der Waals surface area contributed by atoms with Crippen LogP contribution >= 0.6 is 23.1 Å². The zero-order valence-electron chi connectivity index (χ0n) is 21.8. The van der Waals surface area contributed by atoms with Crippen molar-refractivity contribution in [3.8, 4) is 0 Å². The Bertz CT molecular complexity index is 1790. The number of imide groups is 1. The van der Waals surface area contributed by atoms with E-state index < -0.39 is 51.4 Å². The zero-order valence-corrected chi connectivity index (χ0v) is 23.4. The van der Waals surface area contributed by atoms with Gasteiger partial charge in [0.05, 0.1) is 22.2 Å². The number of aromatic nitrogens is 2. The molecule has 8 nitrogen and oxygen atoms in total. The van der Waals surface area contributed by atoms with Gasteiger partial charge in [-0.05, 0) is 48.4 Å². The van der Waals surface area contributed by atoms with Crippen LogP contribution in [0.1, 0.15) is 27.5 Å². The first-order chi connectivity index (χ1) is 20.0. The van der Waals surface area contributed by atoms with E-state index in [4.69, 9.17) is 0 Å². The highest BCUT2D eigenvalue weighted by Crippen LogP contribution is 2.54. The number of nitrogens with one attached hydrogen (secondary N) is 1. The minimum Gasteiger partial charge on any atom is -0.324 e. The van der Waals surface area contributed by atoms with E-state index in [-0.39, 0.29) is 12.2 Å². The number of hydrogen-bond donors (Lipinski definition) is 1. The van der Waals surface area contributed by atoms with E-state index in [1.54, 1.807) is 30.5 Å². The molecule has 0 spiro atoms. The lowest BCUT2D eigenvalue weighted by Gasteiger charge is -2.30. The second kappa shape index (κ2) is 10.6. The normalized spacial score (nSPS) is 19.9. The molecule has 4 aromatic rings. The smallest absolute Gasteiger partial charge is 0.324 e. The molecule has 0 aliphatic carbocycles. The van der Waals surface area contributed by atoms with Crippen molar-refractivity contribution in [3.63, 3.8) is 0 Å². The van der Waals surface area contributed by atoms with Crippen molar-refractivity contribution in [1.29, 1.82) is 0 Å². The van der Waals surface area contributed by atoms with Crippen LogP contribution in [0.15, 0.2) is 82.9 Å². The molecule has 1 saturated heterocycles. The van der Waals surface area contributed by atoms with E-state index in [1.165, 1.54) is 16.8 Å². The Morgan fingerprint density at radius 3 is 2.52 bits per heavy atom. The van der Waals surface area contributed by atoms with Crippen LogP contribution in [-0.4, -0.2) is 32.5 Å². The first kappa shape index (κ1) is 27.9. The summed E-state index contributed by atoms with van der Waals surface area (Å²) in [4.78, 5) is 58.8. The van der Waals surface area contributed by atoms with E-state index in [1.807, 2.05) is 19.1 Å². The van der Waals surface area contributed by atoms with Gasteiger partial charge >= 0.3 is 11.0 Å². The number of carbonyl (C=O) groups excluding carboxylic acids is 3. The fourth-order valence-electron chi connectivity index (χ4n) is 5.30. The van der Waals surface area contributed by atoms with Crippen LogP contribution in [0.2, 0.25) is 0 Å². The molecular formula is C29H21F3N4O4S2. The van der Waals surface area contributed by atoms with Gasteiger partial charge in [-0.3, -0.25) is 28.7 Å². The van der Waals surface area contributed by atoms with Crippen molar-refractivity contribution in [1.82, 2.24) is 9.55 Å². The minimum atomic E-state index is -4.67. The molecule has 0 bridgehead atoms. The fourth-order valence-corrected chi connectivity index (χ4v) is 8.07. The van der Waals surface area contributed by atoms with Crippen LogP contribution in [0.3, 0.4) is 0 Å². The van der Waals surface area contributed by atoms with Crippen LogP contribution in [-0.2, 0) is 27.1 Å². The molecule has 2 aromatic heterocycles. The molecule has 214 valence electrons. The third-order valence-corrected chi connectivity index (χ3v) is 9.85. The molecule has 0 radical (unpaired) electrons. The highest BCUT2D eigenvalue weighted by molar-refractivity contribution is 8.00. The predicted octanol–water partition coefficient (Wildman–Crippen LogP) is 5.07. The van der Waals surface area contributed by atoms with E-state index in [2.05, 4.69) is 10.3 Å². The standard InChI is InChI=1S/C29H21F3N4O4S2/c1-15-6-2-3-10-19(15)34-20(37)14-35-27-24(42-28(35)40)21(16-7-5-11-33-13-16)22-23(41-27)26(39)36(25(22)38)18-9-4-8-17(12-18)29(30,31)32/h2-13,21-23H,14H2,1H3,(H,34,37)/t21-,22-,23+/m0/s1. The summed E-state index contributed by atoms with van der Waals surface area (Å²) in [5, 5.41) is 2.13. The zero-order chi connectivity index (χ0) is 29.8. The summed E-state index contributed by atoms with van der Waals surface area (Å²) in [6.07, 6.45) is -1.59. The van der Waals surface area contributed by atoms with E-state index in [0.29, 0.717) is 21.2 Å². The van der Waals surface area contributed by atoms with Gasteiger partial charge in [0.15, 0.2) is 0 Å². The molecule has 6 rings (SSSR count). The maximum Gasteiger partial charge on any atom is 0.416 e. The molecule has 4 heterocycles. The van der Waals surface area contributed by atoms with Gasteiger partial charge in [0.1, 0.15) is 11.8 Å². The molecule has 0 saturated carbocycles. The van der Waals surface area contributed by atoms with Gasteiger partial charge in [-0.25, -0.2) is 4.90 Å². The number of amides is 3. The number of thioether (sulfide) groups is 1. The van der Waals surface area contributed by atoms with Gasteiger partial charge in [0, 0.05) is 28.9 Å². The number of fused-ring (bicyclic) bond motifs is 2. The maximum absolute atomic E-state index is 13.9. The number of carbonyl (C=O) groups is 3. The number of aryl methyl sites for hydroxylation is 1. The lowest BCUT2D eigenvalue weighted by molar-refractivity contribution is -0.137. The molecule has 1 N–H and O–H groups in total. The van der Waals surface area contributed by atoms with Gasteiger partial charge in [-0.15, -0.1) is 0 Å². The first-order valence-electron chi connectivity index (χ1n) is 12.7. The number of pyridine rings is 1. The van der Waals surface area contributed by atoms with E-state index in [0.717, 1.165) is 51.8 Å². The molecule has 2 aromatic carbocycles. The average Bonchev–Trinajstić information content (AvgIpc) is 3.40. The fraction of sp³-hybridized carbons (Fsp3) is 0.207. The van der Waals surface area contributed by atoms with Crippen LogP contribution in [0, 0.1) is 12.8 Å². The number of anilines is 2. The molecule has 1 fully saturated rings. The number of thiazole rings is 1. The van der Waals surface area contributed by atoms with Crippen molar-refractivity contribution in [2.45, 2.75) is 35.8 Å². The van der Waals surface area contributed by atoms with Crippen molar-refractivity contribution < 1.29 is 27.6 Å². The number of benzene rings is 2. The lowest BCUT2D eigenvalue weighted by atomic mass is 9.84. The third kappa shape index (κ3) is 4.81. The van der Waals surface area contributed by atoms with Crippen LogP contribution in [0.25, 0.3) is 0 Å². The summed E-state index contributed by atoms with van der Waals surface area (Å²) >= 11 is 1.86. The Morgan fingerprint density at radius 1 is 1.02 bits per heavy atom. The Kier molecular flexibility index (Phi) is 7.01. The minimum absolute atomic E-state index is 0.182. The number of nitrogens with zero attached hydrogens (tertiary/aromatic N) is 3. The Labute approximate surface area is 245 Å². The maximum atomic E-state index is 13.9. The van der Waals surface area contributed by atoms with Gasteiger partial charge in [-0.1, -0.05) is 53.4 Å². The quantitative estimate of drug-likeness (QED) is 0.317. The Morgan fingerprint density at radius 2 is 1.81 bits per heavy atom. The van der Waals surface area contributed by atoms with E-state index >= 15 is 0 Å². The van der Waals surface area contributed by atoms with Crippen molar-refractivity contribution >= 4 is 52.2 Å². The van der Waals surface area contributed by atoms with Crippen LogP contribution in [0.4, 0.5) is 24.5 Å². The highest BCUT2D eigenvalue weighted by Gasteiger charge is 2.57. The van der Waals surface area contributed by atoms with Crippen molar-refractivity contribution in [2.24, 2.45) is 5.92 Å². The second-order valence-electron chi connectivity index (χ2n) is 9.87. The molecule has 2 aliphatic rings. The molecule has 0 unspecified atom stereocenters. The van der Waals surface area contributed by atoms with Gasteiger partial charge in [-0.2, -0.15) is 13.2 Å². The largest absolute Gasteiger partial charge is 0.416 e. The first-order valence-corrected chi connectivity index (χ1v) is 14.4. The molecular weight excluding hydrogens is 589 g/mol. The highest BCUT2D eigenvalue weighted by atomic mass is 32.2. The van der Waals surface area contributed by atoms with Gasteiger partial charge < -0.3 is 5.32 Å².